The van der Waals surface area contributed by atoms with E-state index in [0.717, 1.165) is 46.9 Å². The molecule has 1 saturated carbocycles. The molecule has 1 aliphatic rings. The normalized spacial score (nSPS) is 14.6. The van der Waals surface area contributed by atoms with E-state index in [9.17, 15) is 4.79 Å². The molecule has 34 heavy (non-hydrogen) atoms. The van der Waals surface area contributed by atoms with Crippen molar-refractivity contribution in [2.45, 2.75) is 84.5 Å². The van der Waals surface area contributed by atoms with Crippen LogP contribution in [-0.2, 0) is 28.5 Å². The van der Waals surface area contributed by atoms with Gasteiger partial charge in [-0.2, -0.15) is 0 Å². The average molecular weight is 476 g/mol. The summed E-state index contributed by atoms with van der Waals surface area (Å²) in [5.41, 5.74) is 6.09. The van der Waals surface area contributed by atoms with Gasteiger partial charge in [0.05, 0.1) is 0 Å². The minimum absolute atomic E-state index is 0.0764. The molecule has 3 aromatic rings. The number of hydrogen-bond donors (Lipinski definition) is 1. The topological polar surface area (TPSA) is 54.9 Å². The summed E-state index contributed by atoms with van der Waals surface area (Å²) in [6.45, 7) is 13.5. The minimum Gasteiger partial charge on any atom is -0.326 e. The Hall–Kier alpha value is -2.53. The van der Waals surface area contributed by atoms with Gasteiger partial charge in [0.15, 0.2) is 0 Å². The Balaban J connectivity index is 1.43. The average Bonchev–Trinajstić information content (AvgIpc) is 3.19. The van der Waals surface area contributed by atoms with Gasteiger partial charge >= 0.3 is 0 Å². The summed E-state index contributed by atoms with van der Waals surface area (Å²) in [5, 5.41) is 14.1. The van der Waals surface area contributed by atoms with Crippen LogP contribution in [0.25, 0.3) is 10.6 Å². The number of nitrogens with one attached hydrogen (secondary N) is 1. The summed E-state index contributed by atoms with van der Waals surface area (Å²) in [6, 6.07) is 15.1. The molecule has 0 radical (unpaired) electrons. The van der Waals surface area contributed by atoms with Crippen LogP contribution in [0.1, 0.15) is 82.5 Å². The highest BCUT2D eigenvalue weighted by Gasteiger charge is 2.25. The maximum atomic E-state index is 12.1. The van der Waals surface area contributed by atoms with Crippen LogP contribution in [0.15, 0.2) is 42.5 Å². The van der Waals surface area contributed by atoms with E-state index in [4.69, 9.17) is 0 Å². The molecular formula is C29H37N3OS. The lowest BCUT2D eigenvalue weighted by Gasteiger charge is -2.25. The number of aromatic nitrogens is 2. The molecule has 4 nitrogen and oxygen atoms in total. The van der Waals surface area contributed by atoms with E-state index >= 15 is 0 Å². The Morgan fingerprint density at radius 2 is 1.53 bits per heavy atom. The van der Waals surface area contributed by atoms with Crippen LogP contribution < -0.4 is 5.32 Å². The predicted octanol–water partition coefficient (Wildman–Crippen LogP) is 7.32. The number of aryl methyl sites for hydroxylation is 2. The van der Waals surface area contributed by atoms with Crippen molar-refractivity contribution in [2.24, 2.45) is 5.92 Å². The molecule has 180 valence electrons. The number of anilines is 1. The van der Waals surface area contributed by atoms with Crippen LogP contribution in [0, 0.1) is 5.92 Å². The van der Waals surface area contributed by atoms with Gasteiger partial charge in [-0.1, -0.05) is 77.5 Å². The summed E-state index contributed by atoms with van der Waals surface area (Å²) >= 11 is 1.69. The van der Waals surface area contributed by atoms with E-state index in [1.165, 1.54) is 23.1 Å². The highest BCUT2D eigenvalue weighted by Crippen LogP contribution is 2.35. The van der Waals surface area contributed by atoms with Crippen LogP contribution in [0.2, 0.25) is 0 Å². The molecule has 5 heteroatoms. The Kier molecular flexibility index (Phi) is 6.95. The molecule has 1 aromatic heterocycles. The van der Waals surface area contributed by atoms with E-state index in [2.05, 4.69) is 87.4 Å². The van der Waals surface area contributed by atoms with Gasteiger partial charge in [-0.05, 0) is 71.0 Å². The zero-order chi connectivity index (χ0) is 24.5. The fraction of sp³-hybridized carbons (Fsp3) is 0.483. The van der Waals surface area contributed by atoms with Crippen molar-refractivity contribution in [3.63, 3.8) is 0 Å². The number of nitrogens with zero attached hydrogens (tertiary/aromatic N) is 2. The highest BCUT2D eigenvalue weighted by atomic mass is 32.1. The molecule has 0 atom stereocenters. The van der Waals surface area contributed by atoms with Crippen LogP contribution >= 0.6 is 11.3 Å². The van der Waals surface area contributed by atoms with Crippen molar-refractivity contribution in [1.82, 2.24) is 10.2 Å². The Morgan fingerprint density at radius 1 is 0.912 bits per heavy atom. The SMILES string of the molecule is CC(C)(C)c1cc(-c2nnc(CCc3ccc(NC(=O)C4CCC4)cc3)s2)cc(C(C)(C)C)c1. The van der Waals surface area contributed by atoms with Crippen molar-refractivity contribution in [3.8, 4) is 10.6 Å². The van der Waals surface area contributed by atoms with Gasteiger partial charge in [-0.15, -0.1) is 10.2 Å². The zero-order valence-electron chi connectivity index (χ0n) is 21.4. The summed E-state index contributed by atoms with van der Waals surface area (Å²) in [5.74, 6) is 0.361. The monoisotopic (exact) mass is 475 g/mol. The predicted molar refractivity (Wildman–Crippen MR) is 143 cm³/mol. The van der Waals surface area contributed by atoms with Crippen molar-refractivity contribution >= 4 is 22.9 Å². The van der Waals surface area contributed by atoms with Crippen LogP contribution in [-0.4, -0.2) is 16.1 Å². The number of carbonyl (C=O) groups excluding carboxylic acids is 1. The first-order valence-electron chi connectivity index (χ1n) is 12.4. The number of hydrogen-bond acceptors (Lipinski definition) is 4. The first kappa shape index (κ1) is 24.6. The van der Waals surface area contributed by atoms with E-state index in [0.29, 0.717) is 0 Å². The highest BCUT2D eigenvalue weighted by molar-refractivity contribution is 7.14. The van der Waals surface area contributed by atoms with Gasteiger partial charge in [-0.25, -0.2) is 0 Å². The van der Waals surface area contributed by atoms with Crippen LogP contribution in [0.4, 0.5) is 5.69 Å². The van der Waals surface area contributed by atoms with Gasteiger partial charge in [-0.3, -0.25) is 4.79 Å². The molecule has 1 N–H and O–H groups in total. The molecule has 4 rings (SSSR count). The molecule has 0 aliphatic heterocycles. The number of rotatable bonds is 6. The maximum Gasteiger partial charge on any atom is 0.227 e. The number of amides is 1. The van der Waals surface area contributed by atoms with Crippen LogP contribution in [0.3, 0.4) is 0 Å². The van der Waals surface area contributed by atoms with Gasteiger partial charge in [0, 0.05) is 23.6 Å². The van der Waals surface area contributed by atoms with Gasteiger partial charge in [0.2, 0.25) is 5.91 Å². The molecule has 1 heterocycles. The van der Waals surface area contributed by atoms with Crippen molar-refractivity contribution < 1.29 is 4.79 Å². The van der Waals surface area contributed by atoms with Crippen molar-refractivity contribution in [3.05, 3.63) is 64.2 Å². The third-order valence-corrected chi connectivity index (χ3v) is 7.74. The van der Waals surface area contributed by atoms with Crippen LogP contribution in [0.5, 0.6) is 0 Å². The molecule has 0 saturated heterocycles. The second kappa shape index (κ2) is 9.61. The first-order chi connectivity index (χ1) is 16.0. The Morgan fingerprint density at radius 3 is 2.06 bits per heavy atom. The quantitative estimate of drug-likeness (QED) is 0.406. The molecule has 1 fully saturated rings. The van der Waals surface area contributed by atoms with E-state index in [-0.39, 0.29) is 22.7 Å². The van der Waals surface area contributed by atoms with E-state index in [1.54, 1.807) is 11.3 Å². The lowest BCUT2D eigenvalue weighted by atomic mass is 9.79. The standard InChI is InChI=1S/C29H37N3OS/c1-28(2,3)22-16-21(17-23(18-22)29(4,5)6)27-32-31-25(34-27)15-12-19-10-13-24(14-11-19)30-26(33)20-8-7-9-20/h10-11,13-14,16-18,20H,7-9,12,15H2,1-6H3,(H,30,33). The molecule has 1 amide bonds. The molecule has 0 unspecified atom stereocenters. The first-order valence-corrected chi connectivity index (χ1v) is 13.2. The summed E-state index contributed by atoms with van der Waals surface area (Å²) < 4.78 is 0. The molecular weight excluding hydrogens is 438 g/mol. The largest absolute Gasteiger partial charge is 0.326 e. The van der Waals surface area contributed by atoms with Crippen molar-refractivity contribution in [1.29, 1.82) is 0 Å². The Bertz CT molecular complexity index is 1110. The zero-order valence-corrected chi connectivity index (χ0v) is 22.2. The van der Waals surface area contributed by atoms with Gasteiger partial charge in [0.1, 0.15) is 10.0 Å². The summed E-state index contributed by atoms with van der Waals surface area (Å²) in [7, 11) is 0. The third-order valence-electron chi connectivity index (χ3n) is 6.70. The molecule has 0 spiro atoms. The second-order valence-corrected chi connectivity index (χ2v) is 12.7. The lowest BCUT2D eigenvalue weighted by molar-refractivity contribution is -0.122. The Labute approximate surface area is 208 Å². The maximum absolute atomic E-state index is 12.1. The molecule has 0 bridgehead atoms. The number of benzene rings is 2. The fourth-order valence-electron chi connectivity index (χ4n) is 4.01. The fourth-order valence-corrected chi connectivity index (χ4v) is 4.84. The van der Waals surface area contributed by atoms with E-state index < -0.39 is 0 Å². The lowest BCUT2D eigenvalue weighted by Crippen LogP contribution is -2.27. The summed E-state index contributed by atoms with van der Waals surface area (Å²) in [4.78, 5) is 12.1. The van der Waals surface area contributed by atoms with Gasteiger partial charge < -0.3 is 5.32 Å². The van der Waals surface area contributed by atoms with Crippen molar-refractivity contribution in [2.75, 3.05) is 5.32 Å². The second-order valence-electron chi connectivity index (χ2n) is 11.6. The smallest absolute Gasteiger partial charge is 0.227 e. The van der Waals surface area contributed by atoms with Gasteiger partial charge in [0.25, 0.3) is 0 Å². The molecule has 2 aromatic carbocycles. The minimum atomic E-state index is 0.0764. The van der Waals surface area contributed by atoms with E-state index in [1.807, 2.05) is 12.1 Å². The summed E-state index contributed by atoms with van der Waals surface area (Å²) in [6.07, 6.45) is 4.97. The third kappa shape index (κ3) is 5.93. The number of carbonyl (C=O) groups is 1. The molecule has 1 aliphatic carbocycles.